The molecule has 2 N–H and O–H groups in total. The molecule has 0 aromatic carbocycles. The molecule has 0 saturated carbocycles. The Labute approximate surface area is 95.5 Å². The lowest BCUT2D eigenvalue weighted by atomic mass is 10.3. The van der Waals surface area contributed by atoms with E-state index in [1.54, 1.807) is 7.11 Å². The third-order valence-corrected chi connectivity index (χ3v) is 4.19. The topological polar surface area (TPSA) is 67.4 Å². The SMILES string of the molecule is COCCNC(=S)NC1CCS(=O)(=O)C1. The highest BCUT2D eigenvalue weighted by molar-refractivity contribution is 7.91. The average molecular weight is 252 g/mol. The van der Waals surface area contributed by atoms with Crippen molar-refractivity contribution in [1.29, 1.82) is 0 Å². The van der Waals surface area contributed by atoms with Gasteiger partial charge in [0.05, 0.1) is 18.1 Å². The van der Waals surface area contributed by atoms with E-state index < -0.39 is 9.84 Å². The van der Waals surface area contributed by atoms with Crippen LogP contribution in [-0.2, 0) is 14.6 Å². The smallest absolute Gasteiger partial charge is 0.166 e. The quantitative estimate of drug-likeness (QED) is 0.509. The van der Waals surface area contributed by atoms with Crippen LogP contribution in [0.1, 0.15) is 6.42 Å². The van der Waals surface area contributed by atoms with Crippen LogP contribution in [0.4, 0.5) is 0 Å². The Morgan fingerprint density at radius 2 is 2.33 bits per heavy atom. The minimum Gasteiger partial charge on any atom is -0.383 e. The number of ether oxygens (including phenoxy) is 1. The molecule has 0 radical (unpaired) electrons. The molecule has 1 aliphatic rings. The third kappa shape index (κ3) is 4.76. The zero-order valence-electron chi connectivity index (χ0n) is 8.65. The highest BCUT2D eigenvalue weighted by Crippen LogP contribution is 2.10. The molecule has 15 heavy (non-hydrogen) atoms. The van der Waals surface area contributed by atoms with Gasteiger partial charge in [-0.3, -0.25) is 0 Å². The van der Waals surface area contributed by atoms with Gasteiger partial charge in [0.2, 0.25) is 0 Å². The van der Waals surface area contributed by atoms with Crippen LogP contribution in [0.3, 0.4) is 0 Å². The summed E-state index contributed by atoms with van der Waals surface area (Å²) >= 11 is 5.01. The molecule has 7 heteroatoms. The lowest BCUT2D eigenvalue weighted by molar-refractivity contribution is 0.204. The van der Waals surface area contributed by atoms with E-state index in [1.165, 1.54) is 0 Å². The summed E-state index contributed by atoms with van der Waals surface area (Å²) in [5.41, 5.74) is 0. The van der Waals surface area contributed by atoms with E-state index in [2.05, 4.69) is 10.6 Å². The predicted octanol–water partition coefficient (Wildman–Crippen LogP) is -0.716. The van der Waals surface area contributed by atoms with E-state index in [-0.39, 0.29) is 17.5 Å². The molecule has 1 saturated heterocycles. The second-order valence-corrected chi connectivity index (χ2v) is 6.13. The fourth-order valence-electron chi connectivity index (χ4n) is 1.41. The minimum absolute atomic E-state index is 0.0439. The first-order chi connectivity index (χ1) is 7.03. The first kappa shape index (κ1) is 12.7. The molecule has 1 unspecified atom stereocenters. The number of sulfone groups is 1. The Hall–Kier alpha value is -0.400. The number of hydrogen-bond acceptors (Lipinski definition) is 4. The van der Waals surface area contributed by atoms with Crippen LogP contribution < -0.4 is 10.6 Å². The Morgan fingerprint density at radius 1 is 1.60 bits per heavy atom. The van der Waals surface area contributed by atoms with E-state index in [1.807, 2.05) is 0 Å². The maximum absolute atomic E-state index is 11.2. The number of hydrogen-bond donors (Lipinski definition) is 2. The molecule has 1 heterocycles. The van der Waals surface area contributed by atoms with Crippen molar-refractivity contribution in [1.82, 2.24) is 10.6 Å². The third-order valence-electron chi connectivity index (χ3n) is 2.16. The van der Waals surface area contributed by atoms with Gasteiger partial charge < -0.3 is 15.4 Å². The number of nitrogens with one attached hydrogen (secondary N) is 2. The van der Waals surface area contributed by atoms with E-state index in [0.717, 1.165) is 0 Å². The van der Waals surface area contributed by atoms with Crippen molar-refractivity contribution in [3.8, 4) is 0 Å². The van der Waals surface area contributed by atoms with E-state index in [4.69, 9.17) is 17.0 Å². The summed E-state index contributed by atoms with van der Waals surface area (Å²) in [6.45, 7) is 1.20. The van der Waals surface area contributed by atoms with Crippen molar-refractivity contribution in [2.45, 2.75) is 12.5 Å². The van der Waals surface area contributed by atoms with Gasteiger partial charge in [0, 0.05) is 19.7 Å². The van der Waals surface area contributed by atoms with Gasteiger partial charge in [-0.15, -0.1) is 0 Å². The zero-order chi connectivity index (χ0) is 11.3. The number of methoxy groups -OCH3 is 1. The van der Waals surface area contributed by atoms with Crippen LogP contribution in [0, 0.1) is 0 Å². The second-order valence-electron chi connectivity index (χ2n) is 3.49. The highest BCUT2D eigenvalue weighted by atomic mass is 32.2. The van der Waals surface area contributed by atoms with E-state index in [9.17, 15) is 8.42 Å². The van der Waals surface area contributed by atoms with Gasteiger partial charge in [-0.25, -0.2) is 8.42 Å². The van der Waals surface area contributed by atoms with Crippen LogP contribution >= 0.6 is 12.2 Å². The van der Waals surface area contributed by atoms with Crippen LogP contribution in [0.25, 0.3) is 0 Å². The van der Waals surface area contributed by atoms with Crippen LogP contribution in [-0.4, -0.2) is 51.3 Å². The summed E-state index contributed by atoms with van der Waals surface area (Å²) in [7, 11) is -1.23. The molecule has 0 bridgehead atoms. The van der Waals surface area contributed by atoms with Gasteiger partial charge in [0.1, 0.15) is 0 Å². The average Bonchev–Trinajstić information content (AvgIpc) is 2.46. The van der Waals surface area contributed by atoms with Crippen molar-refractivity contribution in [2.75, 3.05) is 31.8 Å². The van der Waals surface area contributed by atoms with E-state index >= 15 is 0 Å². The largest absolute Gasteiger partial charge is 0.383 e. The Kier molecular flexibility index (Phi) is 4.75. The Bertz CT molecular complexity index is 316. The summed E-state index contributed by atoms with van der Waals surface area (Å²) in [6.07, 6.45) is 0.633. The molecule has 0 amide bonds. The maximum Gasteiger partial charge on any atom is 0.166 e. The minimum atomic E-state index is -2.84. The molecule has 1 fully saturated rings. The molecule has 1 aliphatic heterocycles. The Balaban J connectivity index is 2.22. The standard InChI is InChI=1S/C8H16N2O3S2/c1-13-4-3-9-8(14)10-7-2-5-15(11,12)6-7/h7H,2-6H2,1H3,(H2,9,10,14). The van der Waals surface area contributed by atoms with Gasteiger partial charge in [-0.2, -0.15) is 0 Å². The molecule has 5 nitrogen and oxygen atoms in total. The number of rotatable bonds is 4. The summed E-state index contributed by atoms with van der Waals surface area (Å²) < 4.78 is 27.2. The molecule has 0 aromatic heterocycles. The van der Waals surface area contributed by atoms with Gasteiger partial charge in [0.15, 0.2) is 14.9 Å². The molecule has 0 aromatic rings. The van der Waals surface area contributed by atoms with Crippen LogP contribution in [0.5, 0.6) is 0 Å². The molecule has 88 valence electrons. The van der Waals surface area contributed by atoms with Crippen LogP contribution in [0.2, 0.25) is 0 Å². The van der Waals surface area contributed by atoms with Crippen molar-refractivity contribution in [2.24, 2.45) is 0 Å². The van der Waals surface area contributed by atoms with Crippen molar-refractivity contribution in [3.63, 3.8) is 0 Å². The summed E-state index contributed by atoms with van der Waals surface area (Å²) in [5, 5.41) is 6.41. The van der Waals surface area contributed by atoms with Crippen LogP contribution in [0.15, 0.2) is 0 Å². The zero-order valence-corrected chi connectivity index (χ0v) is 10.3. The predicted molar refractivity (Wildman–Crippen MR) is 62.7 cm³/mol. The van der Waals surface area contributed by atoms with Crippen molar-refractivity contribution >= 4 is 27.2 Å². The molecule has 1 atom stereocenters. The molecular weight excluding hydrogens is 236 g/mol. The Morgan fingerprint density at radius 3 is 2.87 bits per heavy atom. The van der Waals surface area contributed by atoms with Crippen molar-refractivity contribution in [3.05, 3.63) is 0 Å². The van der Waals surface area contributed by atoms with Gasteiger partial charge in [-0.05, 0) is 18.6 Å². The normalized spacial score (nSPS) is 23.7. The molecule has 0 spiro atoms. The van der Waals surface area contributed by atoms with Gasteiger partial charge >= 0.3 is 0 Å². The molecular formula is C8H16N2O3S2. The lowest BCUT2D eigenvalue weighted by Gasteiger charge is -2.14. The second kappa shape index (κ2) is 5.62. The van der Waals surface area contributed by atoms with Gasteiger partial charge in [-0.1, -0.05) is 0 Å². The number of thiocarbonyl (C=S) groups is 1. The summed E-state index contributed by atoms with van der Waals surface area (Å²) in [6, 6.07) is -0.0439. The first-order valence-corrected chi connectivity index (χ1v) is 7.00. The fraction of sp³-hybridized carbons (Fsp3) is 0.875. The van der Waals surface area contributed by atoms with Gasteiger partial charge in [0.25, 0.3) is 0 Å². The maximum atomic E-state index is 11.2. The first-order valence-electron chi connectivity index (χ1n) is 4.77. The fourth-order valence-corrected chi connectivity index (χ4v) is 3.35. The molecule has 0 aliphatic carbocycles. The summed E-state index contributed by atoms with van der Waals surface area (Å²) in [4.78, 5) is 0. The lowest BCUT2D eigenvalue weighted by Crippen LogP contribution is -2.43. The highest BCUT2D eigenvalue weighted by Gasteiger charge is 2.27. The van der Waals surface area contributed by atoms with Crippen molar-refractivity contribution < 1.29 is 13.2 Å². The summed E-state index contributed by atoms with van der Waals surface area (Å²) in [5.74, 6) is 0.435. The monoisotopic (exact) mass is 252 g/mol. The van der Waals surface area contributed by atoms with E-state index in [0.29, 0.717) is 24.7 Å². The molecule has 1 rings (SSSR count).